The number of rotatable bonds is 13. The molecule has 0 bridgehead atoms. The molecule has 0 spiro atoms. The van der Waals surface area contributed by atoms with Gasteiger partial charge in [-0.2, -0.15) is 0 Å². The lowest BCUT2D eigenvalue weighted by molar-refractivity contribution is -0.111. The summed E-state index contributed by atoms with van der Waals surface area (Å²) in [7, 11) is 1.62. The molecule has 0 fully saturated rings. The first-order chi connectivity index (χ1) is 18.0. The van der Waals surface area contributed by atoms with Crippen molar-refractivity contribution in [3.05, 3.63) is 89.5 Å². The lowest BCUT2D eigenvalue weighted by atomic mass is 10.1. The Kier molecular flexibility index (Phi) is 11.3. The molecular formula is C29H35N3O5. The van der Waals surface area contributed by atoms with Crippen molar-refractivity contribution in [2.45, 2.75) is 25.7 Å². The molecule has 0 heterocycles. The van der Waals surface area contributed by atoms with Crippen molar-refractivity contribution in [2.24, 2.45) is 4.99 Å². The number of nitrogens with zero attached hydrogens (tertiary/aromatic N) is 2. The zero-order chi connectivity index (χ0) is 26.5. The topological polar surface area (TPSA) is 115 Å². The van der Waals surface area contributed by atoms with Crippen LogP contribution in [0.5, 0.6) is 5.75 Å². The molecule has 37 heavy (non-hydrogen) atoms. The number of methoxy groups -OCH3 is 1. The predicted octanol–water partition coefficient (Wildman–Crippen LogP) is 2.85. The molecule has 2 aromatic rings. The highest BCUT2D eigenvalue weighted by Crippen LogP contribution is 2.17. The van der Waals surface area contributed by atoms with E-state index < -0.39 is 6.35 Å². The van der Waals surface area contributed by atoms with Gasteiger partial charge in [0.1, 0.15) is 5.75 Å². The SMILES string of the molecule is COc1ccc(CNC(O)N=C2C=CCC(C(=O)/C=C/c3ccc(N(CCO)CCO)cc3)=CC2)cc1. The molecule has 1 atom stereocenters. The third-order valence-corrected chi connectivity index (χ3v) is 5.88. The van der Waals surface area contributed by atoms with Gasteiger partial charge in [-0.05, 0) is 59.5 Å². The fourth-order valence-corrected chi connectivity index (χ4v) is 3.84. The van der Waals surface area contributed by atoms with Crippen molar-refractivity contribution in [2.75, 3.05) is 38.3 Å². The van der Waals surface area contributed by atoms with Crippen molar-refractivity contribution in [1.29, 1.82) is 0 Å². The summed E-state index contributed by atoms with van der Waals surface area (Å²) < 4.78 is 5.15. The number of hydrogen-bond donors (Lipinski definition) is 4. The molecular weight excluding hydrogens is 470 g/mol. The Labute approximate surface area is 217 Å². The standard InChI is InChI=1S/C29H35N3O5/c1-37-27-14-7-23(8-15-27)21-30-29(36)31-25-4-2-3-24(10-11-25)28(35)16-9-22-5-12-26(13-6-22)32(17-19-33)18-20-34/h2,4-10,12-16,29-30,33-34,36H,3,11,17-21H2,1H3/b16-9+,31-25?. The van der Waals surface area contributed by atoms with Crippen LogP contribution in [0.1, 0.15) is 24.0 Å². The van der Waals surface area contributed by atoms with E-state index in [9.17, 15) is 20.1 Å². The third-order valence-electron chi connectivity index (χ3n) is 5.88. The average Bonchev–Trinajstić information content (AvgIpc) is 3.16. The summed E-state index contributed by atoms with van der Waals surface area (Å²) in [6, 6.07) is 15.2. The van der Waals surface area contributed by atoms with Gasteiger partial charge in [-0.15, -0.1) is 0 Å². The van der Waals surface area contributed by atoms with Crippen LogP contribution in [0.3, 0.4) is 0 Å². The maximum absolute atomic E-state index is 12.7. The molecule has 0 aliphatic heterocycles. The van der Waals surface area contributed by atoms with Crippen LogP contribution in [0.15, 0.2) is 83.4 Å². The van der Waals surface area contributed by atoms with Crippen molar-refractivity contribution in [3.8, 4) is 5.75 Å². The minimum Gasteiger partial charge on any atom is -0.497 e. The largest absolute Gasteiger partial charge is 0.497 e. The van der Waals surface area contributed by atoms with Crippen molar-refractivity contribution >= 4 is 23.3 Å². The normalized spacial score (nSPS) is 15.5. The van der Waals surface area contributed by atoms with Crippen molar-refractivity contribution < 1.29 is 24.9 Å². The van der Waals surface area contributed by atoms with Crippen LogP contribution in [0.25, 0.3) is 6.08 Å². The third kappa shape index (κ3) is 9.11. The number of anilines is 1. The quantitative estimate of drug-likeness (QED) is 0.244. The highest BCUT2D eigenvalue weighted by atomic mass is 16.5. The zero-order valence-corrected chi connectivity index (χ0v) is 21.1. The minimum atomic E-state index is -1.05. The van der Waals surface area contributed by atoms with Gasteiger partial charge in [0.25, 0.3) is 0 Å². The molecule has 1 aliphatic carbocycles. The average molecular weight is 506 g/mol. The molecule has 196 valence electrons. The van der Waals surface area contributed by atoms with Gasteiger partial charge in [0.05, 0.1) is 20.3 Å². The number of carbonyl (C=O) groups is 1. The Bertz CT molecular complexity index is 1120. The summed E-state index contributed by atoms with van der Waals surface area (Å²) in [4.78, 5) is 19.0. The van der Waals surface area contributed by atoms with Crippen LogP contribution in [0, 0.1) is 0 Å². The highest BCUT2D eigenvalue weighted by molar-refractivity contribution is 6.08. The zero-order valence-electron chi connectivity index (χ0n) is 21.1. The fourth-order valence-electron chi connectivity index (χ4n) is 3.84. The molecule has 3 rings (SSSR count). The number of aliphatic hydroxyl groups excluding tert-OH is 3. The predicted molar refractivity (Wildman–Crippen MR) is 147 cm³/mol. The highest BCUT2D eigenvalue weighted by Gasteiger charge is 2.10. The Morgan fingerprint density at radius 2 is 1.78 bits per heavy atom. The number of carbonyl (C=O) groups excluding carboxylic acids is 1. The van der Waals surface area contributed by atoms with Gasteiger partial charge in [0, 0.05) is 37.5 Å². The van der Waals surface area contributed by atoms with Crippen molar-refractivity contribution in [3.63, 3.8) is 0 Å². The van der Waals surface area contributed by atoms with Crippen molar-refractivity contribution in [1.82, 2.24) is 5.32 Å². The lowest BCUT2D eigenvalue weighted by Crippen LogP contribution is -2.29. The molecule has 0 saturated carbocycles. The van der Waals surface area contributed by atoms with Crippen LogP contribution >= 0.6 is 0 Å². The maximum Gasteiger partial charge on any atom is 0.202 e. The molecule has 0 radical (unpaired) electrons. The summed E-state index contributed by atoms with van der Waals surface area (Å²) in [5.41, 5.74) is 4.14. The van der Waals surface area contributed by atoms with Crippen LogP contribution in [-0.4, -0.2) is 66.6 Å². The molecule has 1 aliphatic rings. The smallest absolute Gasteiger partial charge is 0.202 e. The van der Waals surface area contributed by atoms with E-state index >= 15 is 0 Å². The summed E-state index contributed by atoms with van der Waals surface area (Å²) >= 11 is 0. The number of aliphatic hydroxyl groups is 3. The van der Waals surface area contributed by atoms with Crippen LogP contribution < -0.4 is 15.0 Å². The number of hydrogen-bond acceptors (Lipinski definition) is 8. The van der Waals surface area contributed by atoms with E-state index in [1.165, 1.54) is 0 Å². The number of ketones is 1. The Hall–Kier alpha value is -3.56. The van der Waals surface area contributed by atoms with E-state index in [4.69, 9.17) is 4.74 Å². The summed E-state index contributed by atoms with van der Waals surface area (Å²) in [5.74, 6) is 0.702. The van der Waals surface area contributed by atoms with E-state index in [2.05, 4.69) is 10.3 Å². The van der Waals surface area contributed by atoms with Gasteiger partial charge < -0.3 is 25.0 Å². The first-order valence-electron chi connectivity index (χ1n) is 12.3. The number of ether oxygens (including phenoxy) is 1. The van der Waals surface area contributed by atoms with Gasteiger partial charge >= 0.3 is 0 Å². The van der Waals surface area contributed by atoms with Crippen LogP contribution in [0.2, 0.25) is 0 Å². The van der Waals surface area contributed by atoms with Gasteiger partial charge in [0.15, 0.2) is 5.78 Å². The number of allylic oxidation sites excluding steroid dienone is 5. The molecule has 0 amide bonds. The second kappa shape index (κ2) is 14.9. The van der Waals surface area contributed by atoms with E-state index in [1.807, 2.05) is 71.7 Å². The van der Waals surface area contributed by atoms with E-state index in [0.717, 1.165) is 22.6 Å². The molecule has 8 heteroatoms. The number of nitrogens with one attached hydrogen (secondary N) is 1. The molecule has 4 N–H and O–H groups in total. The van der Waals surface area contributed by atoms with Gasteiger partial charge in [-0.1, -0.05) is 42.5 Å². The van der Waals surface area contributed by atoms with Gasteiger partial charge in [-0.3, -0.25) is 10.1 Å². The molecule has 8 nitrogen and oxygen atoms in total. The summed E-state index contributed by atoms with van der Waals surface area (Å²) in [5, 5.41) is 31.6. The Morgan fingerprint density at radius 1 is 1.08 bits per heavy atom. The lowest BCUT2D eigenvalue weighted by Gasteiger charge is -2.22. The number of benzene rings is 2. The monoisotopic (exact) mass is 505 g/mol. The van der Waals surface area contributed by atoms with Crippen LogP contribution in [-0.2, 0) is 11.3 Å². The van der Waals surface area contributed by atoms with E-state index in [-0.39, 0.29) is 19.0 Å². The van der Waals surface area contributed by atoms with E-state index in [1.54, 1.807) is 19.3 Å². The second-order valence-electron chi connectivity index (χ2n) is 8.49. The van der Waals surface area contributed by atoms with Gasteiger partial charge in [0.2, 0.25) is 6.35 Å². The molecule has 1 unspecified atom stereocenters. The second-order valence-corrected chi connectivity index (χ2v) is 8.49. The minimum absolute atomic E-state index is 0.00526. The Morgan fingerprint density at radius 3 is 2.43 bits per heavy atom. The van der Waals surface area contributed by atoms with Crippen LogP contribution in [0.4, 0.5) is 5.69 Å². The van der Waals surface area contributed by atoms with Gasteiger partial charge in [-0.25, -0.2) is 4.99 Å². The molecule has 2 aromatic carbocycles. The summed E-state index contributed by atoms with van der Waals surface area (Å²) in [6.45, 7) is 1.35. The summed E-state index contributed by atoms with van der Waals surface area (Å²) in [6.07, 6.45) is 8.79. The Balaban J connectivity index is 1.54. The van der Waals surface area contributed by atoms with E-state index in [0.29, 0.717) is 43.8 Å². The number of aliphatic imine (C=N–C) groups is 1. The molecule has 0 saturated heterocycles. The first kappa shape index (κ1) is 28.0. The maximum atomic E-state index is 12.7. The molecule has 0 aromatic heterocycles. The fraction of sp³-hybridized carbons (Fsp3) is 0.310. The first-order valence-corrected chi connectivity index (χ1v) is 12.3.